The molecule has 0 aliphatic rings. The van der Waals surface area contributed by atoms with Gasteiger partial charge in [-0.15, -0.1) is 0 Å². The zero-order valence-electron chi connectivity index (χ0n) is 16.1. The van der Waals surface area contributed by atoms with E-state index in [2.05, 4.69) is 15.5 Å². The number of carbonyl (C=O) groups is 1. The van der Waals surface area contributed by atoms with Gasteiger partial charge in [-0.1, -0.05) is 12.1 Å². The molecule has 3 aromatic rings. The minimum Gasteiger partial charge on any atom is -0.466 e. The van der Waals surface area contributed by atoms with E-state index in [9.17, 15) is 9.90 Å². The lowest BCUT2D eigenvalue weighted by Gasteiger charge is -2.10. The number of hydrogen-bond acceptors (Lipinski definition) is 6. The van der Waals surface area contributed by atoms with E-state index in [0.717, 1.165) is 17.1 Å². The average Bonchev–Trinajstić information content (AvgIpc) is 3.19. The molecule has 2 N–H and O–H groups in total. The Morgan fingerprint density at radius 2 is 2.07 bits per heavy atom. The standard InChI is InChI=1S/C20H25N3O4/c1-5-14(24)7-6-8-21-19(25)16-10-17(15-9-11(2)26-13(15)4)22-20-18(16)12(3)23-27-20/h9-10,14,24H,5-8H2,1-4H3,(H,21,25)/t14-/m1/s1. The van der Waals surface area contributed by atoms with Gasteiger partial charge in [-0.25, -0.2) is 4.98 Å². The molecule has 0 spiro atoms. The maximum absolute atomic E-state index is 12.8. The van der Waals surface area contributed by atoms with Crippen molar-refractivity contribution in [2.24, 2.45) is 0 Å². The van der Waals surface area contributed by atoms with Gasteiger partial charge < -0.3 is 19.4 Å². The molecule has 0 unspecified atom stereocenters. The van der Waals surface area contributed by atoms with Crippen LogP contribution in [0.4, 0.5) is 0 Å². The van der Waals surface area contributed by atoms with Crippen molar-refractivity contribution in [1.29, 1.82) is 0 Å². The van der Waals surface area contributed by atoms with Crippen molar-refractivity contribution in [2.75, 3.05) is 6.54 Å². The second-order valence-electron chi connectivity index (χ2n) is 6.79. The monoisotopic (exact) mass is 371 g/mol. The Labute approximate surface area is 157 Å². The van der Waals surface area contributed by atoms with Gasteiger partial charge in [0.1, 0.15) is 11.5 Å². The number of pyridine rings is 1. The van der Waals surface area contributed by atoms with Crippen LogP contribution in [0.5, 0.6) is 0 Å². The smallest absolute Gasteiger partial charge is 0.259 e. The lowest BCUT2D eigenvalue weighted by Crippen LogP contribution is -2.25. The molecule has 3 aromatic heterocycles. The zero-order chi connectivity index (χ0) is 19.6. The minimum absolute atomic E-state index is 0.209. The number of fused-ring (bicyclic) bond motifs is 1. The maximum atomic E-state index is 12.8. The van der Waals surface area contributed by atoms with Crippen molar-refractivity contribution in [3.05, 3.63) is 34.9 Å². The van der Waals surface area contributed by atoms with Gasteiger partial charge in [-0.2, -0.15) is 0 Å². The van der Waals surface area contributed by atoms with E-state index in [1.165, 1.54) is 0 Å². The van der Waals surface area contributed by atoms with Gasteiger partial charge in [0, 0.05) is 12.1 Å². The number of amides is 1. The molecule has 3 rings (SSSR count). The molecule has 0 aliphatic heterocycles. The van der Waals surface area contributed by atoms with Crippen LogP contribution in [0.2, 0.25) is 0 Å². The van der Waals surface area contributed by atoms with Crippen molar-refractivity contribution in [2.45, 2.75) is 53.1 Å². The summed E-state index contributed by atoms with van der Waals surface area (Å²) in [5.41, 5.74) is 2.86. The van der Waals surface area contributed by atoms with Crippen molar-refractivity contribution >= 4 is 17.0 Å². The van der Waals surface area contributed by atoms with Crippen LogP contribution >= 0.6 is 0 Å². The van der Waals surface area contributed by atoms with Crippen LogP contribution in [0.25, 0.3) is 22.4 Å². The predicted molar refractivity (Wildman–Crippen MR) is 102 cm³/mol. The molecular formula is C20H25N3O4. The maximum Gasteiger partial charge on any atom is 0.259 e. The fourth-order valence-electron chi connectivity index (χ4n) is 3.14. The molecule has 3 heterocycles. The van der Waals surface area contributed by atoms with E-state index in [-0.39, 0.29) is 12.0 Å². The summed E-state index contributed by atoms with van der Waals surface area (Å²) in [5.74, 6) is 1.30. The Bertz CT molecular complexity index is 958. The number of aromatic nitrogens is 2. The summed E-state index contributed by atoms with van der Waals surface area (Å²) in [4.78, 5) is 17.3. The Kier molecular flexibility index (Phi) is 5.60. The SMILES string of the molecule is CC[C@@H](O)CCCNC(=O)c1cc(-c2cc(C)oc2C)nc2onc(C)c12. The number of aryl methyl sites for hydroxylation is 3. The average molecular weight is 371 g/mol. The highest BCUT2D eigenvalue weighted by Gasteiger charge is 2.20. The Morgan fingerprint density at radius 3 is 2.74 bits per heavy atom. The first-order valence-electron chi connectivity index (χ1n) is 9.21. The third-order valence-electron chi connectivity index (χ3n) is 4.65. The minimum atomic E-state index is -0.325. The van der Waals surface area contributed by atoms with Gasteiger partial charge in [-0.05, 0) is 52.2 Å². The molecule has 1 amide bonds. The molecule has 0 aromatic carbocycles. The lowest BCUT2D eigenvalue weighted by molar-refractivity contribution is 0.0950. The fourth-order valence-corrected chi connectivity index (χ4v) is 3.14. The van der Waals surface area contributed by atoms with Gasteiger partial charge in [0.2, 0.25) is 0 Å². The summed E-state index contributed by atoms with van der Waals surface area (Å²) in [6.07, 6.45) is 1.76. The van der Waals surface area contributed by atoms with Gasteiger partial charge in [0.15, 0.2) is 0 Å². The number of carbonyl (C=O) groups excluding carboxylic acids is 1. The molecular weight excluding hydrogens is 346 g/mol. The number of hydrogen-bond donors (Lipinski definition) is 2. The summed E-state index contributed by atoms with van der Waals surface area (Å²) in [6.45, 7) is 7.94. The molecule has 0 radical (unpaired) electrons. The summed E-state index contributed by atoms with van der Waals surface area (Å²) < 4.78 is 10.9. The highest BCUT2D eigenvalue weighted by atomic mass is 16.5. The molecule has 7 nitrogen and oxygen atoms in total. The highest BCUT2D eigenvalue weighted by molar-refractivity contribution is 6.07. The molecule has 0 fully saturated rings. The molecule has 27 heavy (non-hydrogen) atoms. The van der Waals surface area contributed by atoms with Crippen LogP contribution < -0.4 is 5.32 Å². The van der Waals surface area contributed by atoms with Crippen LogP contribution in [0.3, 0.4) is 0 Å². The second kappa shape index (κ2) is 7.92. The lowest BCUT2D eigenvalue weighted by atomic mass is 10.1. The van der Waals surface area contributed by atoms with Gasteiger partial charge in [0.25, 0.3) is 11.6 Å². The first kappa shape index (κ1) is 19.1. The highest BCUT2D eigenvalue weighted by Crippen LogP contribution is 2.30. The Morgan fingerprint density at radius 1 is 1.30 bits per heavy atom. The van der Waals surface area contributed by atoms with Gasteiger partial charge in [-0.3, -0.25) is 4.79 Å². The third-order valence-corrected chi connectivity index (χ3v) is 4.65. The van der Waals surface area contributed by atoms with Crippen molar-refractivity contribution in [1.82, 2.24) is 15.5 Å². The molecule has 0 bridgehead atoms. The molecule has 1 atom stereocenters. The van der Waals surface area contributed by atoms with Crippen LogP contribution in [-0.4, -0.2) is 33.8 Å². The van der Waals surface area contributed by atoms with Crippen LogP contribution in [0, 0.1) is 20.8 Å². The van der Waals surface area contributed by atoms with Crippen LogP contribution in [0.1, 0.15) is 53.8 Å². The van der Waals surface area contributed by atoms with E-state index in [0.29, 0.717) is 53.9 Å². The number of nitrogens with zero attached hydrogens (tertiary/aromatic N) is 2. The van der Waals surface area contributed by atoms with E-state index in [4.69, 9.17) is 8.94 Å². The normalized spacial score (nSPS) is 12.5. The number of furan rings is 1. The summed E-state index contributed by atoms with van der Waals surface area (Å²) in [7, 11) is 0. The fraction of sp³-hybridized carbons (Fsp3) is 0.450. The molecule has 144 valence electrons. The van der Waals surface area contributed by atoms with Crippen molar-refractivity contribution in [3.63, 3.8) is 0 Å². The molecule has 7 heteroatoms. The largest absolute Gasteiger partial charge is 0.466 e. The Hall–Kier alpha value is -2.67. The second-order valence-corrected chi connectivity index (χ2v) is 6.79. The molecule has 0 aliphatic carbocycles. The topological polar surface area (TPSA) is 101 Å². The Balaban J connectivity index is 1.90. The van der Waals surface area contributed by atoms with E-state index in [1.807, 2.05) is 26.8 Å². The molecule has 0 saturated carbocycles. The first-order valence-corrected chi connectivity index (χ1v) is 9.21. The van der Waals surface area contributed by atoms with Gasteiger partial charge in [0.05, 0.1) is 28.4 Å². The quantitative estimate of drug-likeness (QED) is 0.614. The predicted octanol–water partition coefficient (Wildman–Crippen LogP) is 3.69. The van der Waals surface area contributed by atoms with E-state index in [1.54, 1.807) is 13.0 Å². The van der Waals surface area contributed by atoms with Crippen LogP contribution in [0.15, 0.2) is 21.1 Å². The van der Waals surface area contributed by atoms with Crippen molar-refractivity contribution < 1.29 is 18.8 Å². The third kappa shape index (κ3) is 4.03. The van der Waals surface area contributed by atoms with Crippen LogP contribution in [-0.2, 0) is 0 Å². The van der Waals surface area contributed by atoms with E-state index >= 15 is 0 Å². The first-order chi connectivity index (χ1) is 12.9. The summed E-state index contributed by atoms with van der Waals surface area (Å²) in [6, 6.07) is 3.64. The number of aliphatic hydroxyl groups excluding tert-OH is 1. The summed E-state index contributed by atoms with van der Waals surface area (Å²) >= 11 is 0. The zero-order valence-corrected chi connectivity index (χ0v) is 16.1. The molecule has 0 saturated heterocycles. The van der Waals surface area contributed by atoms with E-state index < -0.39 is 0 Å². The van der Waals surface area contributed by atoms with Gasteiger partial charge >= 0.3 is 0 Å². The number of nitrogens with one attached hydrogen (secondary N) is 1. The number of aliphatic hydroxyl groups is 1. The summed E-state index contributed by atoms with van der Waals surface area (Å²) in [5, 5.41) is 17.1. The number of rotatable bonds is 7. The van der Waals surface area contributed by atoms with Crippen molar-refractivity contribution in [3.8, 4) is 11.3 Å².